The summed E-state index contributed by atoms with van der Waals surface area (Å²) in [6.07, 6.45) is 3.81. The average Bonchev–Trinajstić information content (AvgIpc) is 2.54. The molecule has 0 unspecified atom stereocenters. The van der Waals surface area contributed by atoms with Crippen LogP contribution in [0, 0.1) is 0 Å². The number of sulfonamides is 1. The average molecular weight is 325 g/mol. The van der Waals surface area contributed by atoms with Gasteiger partial charge in [0, 0.05) is 25.2 Å². The normalized spacial score (nSPS) is 16.4. The number of nitrogens with two attached hydrogens (primary N) is 1. The summed E-state index contributed by atoms with van der Waals surface area (Å²) in [6.45, 7) is 1.58. The van der Waals surface area contributed by atoms with Crippen molar-refractivity contribution >= 4 is 21.6 Å². The standard InChI is InChI=1S/C15H23N3O3S/c16-9-5-8-15(19)17-13-6-4-7-14(12-13)22(20,21)18-10-2-1-3-11-18/h4,6-7,12H,1-3,5,8-11,16H2,(H,17,19). The molecule has 1 saturated heterocycles. The summed E-state index contributed by atoms with van der Waals surface area (Å²) in [5.74, 6) is -0.155. The fourth-order valence-corrected chi connectivity index (χ4v) is 4.04. The van der Waals surface area contributed by atoms with Crippen molar-refractivity contribution in [3.8, 4) is 0 Å². The van der Waals surface area contributed by atoms with E-state index in [1.54, 1.807) is 18.2 Å². The van der Waals surface area contributed by atoms with Gasteiger partial charge in [0.2, 0.25) is 15.9 Å². The Morgan fingerprint density at radius 2 is 1.95 bits per heavy atom. The lowest BCUT2D eigenvalue weighted by atomic mass is 10.2. The van der Waals surface area contributed by atoms with Crippen molar-refractivity contribution in [3.63, 3.8) is 0 Å². The minimum absolute atomic E-state index is 0.155. The van der Waals surface area contributed by atoms with Crippen LogP contribution in [0.1, 0.15) is 32.1 Å². The third kappa shape index (κ3) is 4.28. The first-order valence-corrected chi connectivity index (χ1v) is 9.08. The molecule has 0 saturated carbocycles. The topological polar surface area (TPSA) is 92.5 Å². The minimum atomic E-state index is -3.48. The molecule has 6 nitrogen and oxygen atoms in total. The number of carbonyl (C=O) groups excluding carboxylic acids is 1. The molecule has 1 fully saturated rings. The van der Waals surface area contributed by atoms with Crippen molar-refractivity contribution in [1.82, 2.24) is 4.31 Å². The van der Waals surface area contributed by atoms with Gasteiger partial charge in [0.05, 0.1) is 4.90 Å². The Morgan fingerprint density at radius 3 is 2.64 bits per heavy atom. The van der Waals surface area contributed by atoms with Gasteiger partial charge in [0.25, 0.3) is 0 Å². The van der Waals surface area contributed by atoms with E-state index in [2.05, 4.69) is 5.32 Å². The van der Waals surface area contributed by atoms with Crippen LogP contribution >= 0.6 is 0 Å². The Balaban J connectivity index is 2.11. The lowest BCUT2D eigenvalue weighted by molar-refractivity contribution is -0.116. The van der Waals surface area contributed by atoms with Gasteiger partial charge in [-0.2, -0.15) is 4.31 Å². The number of nitrogens with zero attached hydrogens (tertiary/aromatic N) is 1. The first kappa shape index (κ1) is 16.9. The van der Waals surface area contributed by atoms with Crippen molar-refractivity contribution in [1.29, 1.82) is 0 Å². The van der Waals surface area contributed by atoms with Crippen LogP contribution in [0.5, 0.6) is 0 Å². The molecule has 122 valence electrons. The predicted molar refractivity (Wildman–Crippen MR) is 86.0 cm³/mol. The summed E-state index contributed by atoms with van der Waals surface area (Å²) in [5.41, 5.74) is 5.87. The van der Waals surface area contributed by atoms with Gasteiger partial charge in [-0.3, -0.25) is 4.79 Å². The van der Waals surface area contributed by atoms with E-state index >= 15 is 0 Å². The summed E-state index contributed by atoms with van der Waals surface area (Å²) in [4.78, 5) is 11.9. The van der Waals surface area contributed by atoms with Gasteiger partial charge >= 0.3 is 0 Å². The second kappa shape index (κ2) is 7.71. The quantitative estimate of drug-likeness (QED) is 0.830. The monoisotopic (exact) mass is 325 g/mol. The number of amides is 1. The first-order chi connectivity index (χ1) is 10.5. The van der Waals surface area contributed by atoms with Crippen LogP contribution in [0.25, 0.3) is 0 Å². The van der Waals surface area contributed by atoms with Crippen LogP contribution in [0.2, 0.25) is 0 Å². The molecule has 1 heterocycles. The Morgan fingerprint density at radius 1 is 1.23 bits per heavy atom. The zero-order valence-electron chi connectivity index (χ0n) is 12.6. The van der Waals surface area contributed by atoms with E-state index in [-0.39, 0.29) is 10.8 Å². The predicted octanol–water partition coefficient (Wildman–Crippen LogP) is 1.54. The molecule has 0 bridgehead atoms. The molecule has 1 aliphatic heterocycles. The van der Waals surface area contributed by atoms with Gasteiger partial charge in [-0.15, -0.1) is 0 Å². The number of nitrogens with one attached hydrogen (secondary N) is 1. The number of rotatable bonds is 6. The molecule has 0 aliphatic carbocycles. The summed E-state index contributed by atoms with van der Waals surface area (Å²) in [7, 11) is -3.48. The van der Waals surface area contributed by atoms with Crippen LogP contribution in [0.4, 0.5) is 5.69 Å². The third-order valence-corrected chi connectivity index (χ3v) is 5.57. The molecule has 22 heavy (non-hydrogen) atoms. The second-order valence-corrected chi connectivity index (χ2v) is 7.37. The minimum Gasteiger partial charge on any atom is -0.330 e. The third-order valence-electron chi connectivity index (χ3n) is 3.68. The number of carbonyl (C=O) groups is 1. The van der Waals surface area contributed by atoms with Crippen LogP contribution < -0.4 is 11.1 Å². The van der Waals surface area contributed by atoms with E-state index in [9.17, 15) is 13.2 Å². The SMILES string of the molecule is NCCCC(=O)Nc1cccc(S(=O)(=O)N2CCCCC2)c1. The maximum atomic E-state index is 12.6. The summed E-state index contributed by atoms with van der Waals surface area (Å²) < 4.78 is 26.7. The number of anilines is 1. The maximum absolute atomic E-state index is 12.6. The Labute approximate surface area is 131 Å². The molecule has 1 aliphatic rings. The van der Waals surface area contributed by atoms with Gasteiger partial charge in [0.1, 0.15) is 0 Å². The number of hydrogen-bond donors (Lipinski definition) is 2. The van der Waals surface area contributed by atoms with Gasteiger partial charge in [-0.25, -0.2) is 8.42 Å². The molecule has 0 aromatic heterocycles. The molecular weight excluding hydrogens is 302 g/mol. The largest absolute Gasteiger partial charge is 0.330 e. The van der Waals surface area contributed by atoms with Gasteiger partial charge in [0.15, 0.2) is 0 Å². The number of benzene rings is 1. The Bertz CT molecular complexity index is 610. The fraction of sp³-hybridized carbons (Fsp3) is 0.533. The zero-order chi connectivity index (χ0) is 16.0. The Kier molecular flexibility index (Phi) is 5.93. The molecule has 0 radical (unpaired) electrons. The smallest absolute Gasteiger partial charge is 0.243 e. The summed E-state index contributed by atoms with van der Waals surface area (Å²) in [5, 5.41) is 2.71. The highest BCUT2D eigenvalue weighted by molar-refractivity contribution is 7.89. The Hall–Kier alpha value is -1.44. The van der Waals surface area contributed by atoms with Crippen molar-refractivity contribution in [2.45, 2.75) is 37.0 Å². The molecule has 1 aromatic rings. The van der Waals surface area contributed by atoms with Gasteiger partial charge in [-0.1, -0.05) is 12.5 Å². The lowest BCUT2D eigenvalue weighted by Crippen LogP contribution is -2.35. The van der Waals surface area contributed by atoms with E-state index in [1.807, 2.05) is 0 Å². The van der Waals surface area contributed by atoms with Crippen LogP contribution in [-0.4, -0.2) is 38.3 Å². The highest BCUT2D eigenvalue weighted by Gasteiger charge is 2.26. The number of piperidine rings is 1. The fourth-order valence-electron chi connectivity index (χ4n) is 2.47. The first-order valence-electron chi connectivity index (χ1n) is 7.64. The van der Waals surface area contributed by atoms with E-state index in [1.165, 1.54) is 10.4 Å². The van der Waals surface area contributed by atoms with Crippen LogP contribution in [0.15, 0.2) is 29.2 Å². The van der Waals surface area contributed by atoms with Gasteiger partial charge < -0.3 is 11.1 Å². The summed E-state index contributed by atoms with van der Waals surface area (Å²) in [6, 6.07) is 6.43. The highest BCUT2D eigenvalue weighted by atomic mass is 32.2. The molecule has 0 atom stereocenters. The van der Waals surface area contributed by atoms with Crippen molar-refractivity contribution in [2.24, 2.45) is 5.73 Å². The maximum Gasteiger partial charge on any atom is 0.243 e. The molecule has 1 amide bonds. The number of hydrogen-bond acceptors (Lipinski definition) is 4. The molecule has 1 aromatic carbocycles. The molecular formula is C15H23N3O3S. The van der Waals surface area contributed by atoms with Crippen LogP contribution in [0.3, 0.4) is 0 Å². The van der Waals surface area contributed by atoms with E-state index in [4.69, 9.17) is 5.73 Å². The second-order valence-electron chi connectivity index (χ2n) is 5.43. The van der Waals surface area contributed by atoms with Crippen molar-refractivity contribution in [3.05, 3.63) is 24.3 Å². The van der Waals surface area contributed by atoms with E-state index in [0.717, 1.165) is 19.3 Å². The lowest BCUT2D eigenvalue weighted by Gasteiger charge is -2.26. The van der Waals surface area contributed by atoms with Crippen molar-refractivity contribution < 1.29 is 13.2 Å². The van der Waals surface area contributed by atoms with Gasteiger partial charge in [-0.05, 0) is 44.0 Å². The zero-order valence-corrected chi connectivity index (χ0v) is 13.4. The summed E-state index contributed by atoms with van der Waals surface area (Å²) >= 11 is 0. The molecule has 2 rings (SSSR count). The van der Waals surface area contributed by atoms with Crippen molar-refractivity contribution in [2.75, 3.05) is 25.0 Å². The molecule has 3 N–H and O–H groups in total. The van der Waals surface area contributed by atoms with E-state index in [0.29, 0.717) is 38.2 Å². The van der Waals surface area contributed by atoms with E-state index < -0.39 is 10.0 Å². The van der Waals surface area contributed by atoms with Crippen LogP contribution in [-0.2, 0) is 14.8 Å². The molecule has 0 spiro atoms. The highest BCUT2D eigenvalue weighted by Crippen LogP contribution is 2.22. The molecule has 7 heteroatoms.